The molecule has 0 aliphatic rings. The Morgan fingerprint density at radius 1 is 0.767 bits per heavy atom. The van der Waals surface area contributed by atoms with Gasteiger partial charge in [0.2, 0.25) is 5.75 Å². The summed E-state index contributed by atoms with van der Waals surface area (Å²) >= 11 is 0. The Hall–Kier alpha value is -2.67. The molecule has 164 valence electrons. The quantitative estimate of drug-likeness (QED) is 0.387. The summed E-state index contributed by atoms with van der Waals surface area (Å²) in [7, 11) is 4.39. The Morgan fingerprint density at radius 3 is 1.80 bits per heavy atom. The SMILES string of the molecule is COc1ccc(N=Cc2cc(OC)c(OC)c(OC)c2)cc1O[Si](C)(C)C(C)(C)C. The van der Waals surface area contributed by atoms with Gasteiger partial charge in [0.05, 0.1) is 34.1 Å². The topological polar surface area (TPSA) is 58.5 Å². The largest absolute Gasteiger partial charge is 0.541 e. The summed E-state index contributed by atoms with van der Waals surface area (Å²) in [5.41, 5.74) is 1.59. The highest BCUT2D eigenvalue weighted by Crippen LogP contribution is 2.41. The van der Waals surface area contributed by atoms with Crippen molar-refractivity contribution in [1.29, 1.82) is 0 Å². The predicted octanol–water partition coefficient (Wildman–Crippen LogP) is 5.86. The summed E-state index contributed by atoms with van der Waals surface area (Å²) in [5.74, 6) is 3.12. The monoisotopic (exact) mass is 431 g/mol. The van der Waals surface area contributed by atoms with Crippen LogP contribution in [0.2, 0.25) is 18.1 Å². The molecule has 2 aromatic rings. The summed E-state index contributed by atoms with van der Waals surface area (Å²) in [6, 6.07) is 9.38. The maximum Gasteiger partial charge on any atom is 0.250 e. The summed E-state index contributed by atoms with van der Waals surface area (Å²) in [6.45, 7) is 11.0. The van der Waals surface area contributed by atoms with E-state index in [-0.39, 0.29) is 5.04 Å². The molecule has 0 aliphatic heterocycles. The van der Waals surface area contributed by atoms with Crippen molar-refractivity contribution in [2.75, 3.05) is 28.4 Å². The Kier molecular flexibility index (Phi) is 7.42. The number of nitrogens with zero attached hydrogens (tertiary/aromatic N) is 1. The molecule has 0 unspecified atom stereocenters. The fraction of sp³-hybridized carbons (Fsp3) is 0.435. The lowest BCUT2D eigenvalue weighted by Gasteiger charge is -2.36. The van der Waals surface area contributed by atoms with E-state index >= 15 is 0 Å². The Morgan fingerprint density at radius 2 is 1.33 bits per heavy atom. The van der Waals surface area contributed by atoms with Crippen LogP contribution >= 0.6 is 0 Å². The molecule has 0 bridgehead atoms. The summed E-state index contributed by atoms with van der Waals surface area (Å²) in [5, 5.41) is 0.0769. The van der Waals surface area contributed by atoms with Crippen LogP contribution in [0.3, 0.4) is 0 Å². The average Bonchev–Trinajstić information content (AvgIpc) is 2.70. The number of aliphatic imine (C=N–C) groups is 1. The number of ether oxygens (including phenoxy) is 4. The van der Waals surface area contributed by atoms with Crippen molar-refractivity contribution in [3.8, 4) is 28.7 Å². The van der Waals surface area contributed by atoms with E-state index in [9.17, 15) is 0 Å². The zero-order valence-electron chi connectivity index (χ0n) is 19.5. The van der Waals surface area contributed by atoms with Gasteiger partial charge in [-0.15, -0.1) is 0 Å². The molecule has 6 nitrogen and oxygen atoms in total. The molecule has 0 saturated carbocycles. The van der Waals surface area contributed by atoms with Gasteiger partial charge in [0.25, 0.3) is 8.32 Å². The molecule has 0 amide bonds. The lowest BCUT2D eigenvalue weighted by atomic mass is 10.2. The normalized spacial score (nSPS) is 12.0. The average molecular weight is 432 g/mol. The van der Waals surface area contributed by atoms with Crippen LogP contribution < -0.4 is 23.4 Å². The van der Waals surface area contributed by atoms with E-state index < -0.39 is 8.32 Å². The van der Waals surface area contributed by atoms with E-state index in [0.29, 0.717) is 28.7 Å². The first-order valence-electron chi connectivity index (χ1n) is 9.77. The molecule has 0 fully saturated rings. The molecule has 2 aromatic carbocycles. The standard InChI is InChI=1S/C23H33NO5Si/c1-23(2,3)30(8,9)29-19-14-17(10-11-18(19)25-4)24-15-16-12-20(26-5)22(28-7)21(13-16)27-6/h10-15H,1-9H3. The van der Waals surface area contributed by atoms with Gasteiger partial charge in [0.15, 0.2) is 17.2 Å². The zero-order valence-corrected chi connectivity index (χ0v) is 20.5. The van der Waals surface area contributed by atoms with Crippen LogP contribution in [0.5, 0.6) is 28.7 Å². The molecular formula is C23H33NO5Si. The Bertz CT molecular complexity index is 878. The van der Waals surface area contributed by atoms with Crippen LogP contribution in [0.25, 0.3) is 0 Å². The van der Waals surface area contributed by atoms with Gasteiger partial charge in [-0.2, -0.15) is 0 Å². The first-order valence-corrected chi connectivity index (χ1v) is 12.7. The van der Waals surface area contributed by atoms with E-state index in [1.165, 1.54) is 0 Å². The molecule has 0 saturated heterocycles. The number of hydrogen-bond donors (Lipinski definition) is 0. The smallest absolute Gasteiger partial charge is 0.250 e. The van der Waals surface area contributed by atoms with Crippen molar-refractivity contribution in [1.82, 2.24) is 0 Å². The van der Waals surface area contributed by atoms with Gasteiger partial charge in [0, 0.05) is 17.8 Å². The molecule has 0 N–H and O–H groups in total. The number of hydrogen-bond acceptors (Lipinski definition) is 6. The molecule has 30 heavy (non-hydrogen) atoms. The van der Waals surface area contributed by atoms with Crippen molar-refractivity contribution >= 4 is 20.2 Å². The van der Waals surface area contributed by atoms with Crippen molar-refractivity contribution < 1.29 is 23.4 Å². The highest BCUT2D eigenvalue weighted by Gasteiger charge is 2.39. The molecular weight excluding hydrogens is 398 g/mol. The van der Waals surface area contributed by atoms with Crippen LogP contribution in [0.15, 0.2) is 35.3 Å². The van der Waals surface area contributed by atoms with Crippen molar-refractivity contribution in [2.24, 2.45) is 4.99 Å². The third kappa shape index (κ3) is 5.27. The number of rotatable bonds is 8. The molecule has 7 heteroatoms. The third-order valence-electron chi connectivity index (χ3n) is 5.37. The van der Waals surface area contributed by atoms with Crippen LogP contribution in [-0.4, -0.2) is 43.0 Å². The molecule has 2 rings (SSSR count). The summed E-state index contributed by atoms with van der Waals surface area (Å²) < 4.78 is 28.2. The van der Waals surface area contributed by atoms with Crippen molar-refractivity contribution in [3.63, 3.8) is 0 Å². The summed E-state index contributed by atoms with van der Waals surface area (Å²) in [4.78, 5) is 4.61. The minimum Gasteiger partial charge on any atom is -0.541 e. The Balaban J connectivity index is 2.39. The fourth-order valence-corrected chi connectivity index (χ4v) is 3.59. The highest BCUT2D eigenvalue weighted by atomic mass is 28.4. The second-order valence-corrected chi connectivity index (χ2v) is 13.1. The molecule has 0 atom stereocenters. The predicted molar refractivity (Wildman–Crippen MR) is 124 cm³/mol. The van der Waals surface area contributed by atoms with Gasteiger partial charge in [0.1, 0.15) is 5.75 Å². The van der Waals surface area contributed by atoms with Crippen molar-refractivity contribution in [2.45, 2.75) is 38.9 Å². The van der Waals surface area contributed by atoms with Crippen LogP contribution in [0, 0.1) is 0 Å². The van der Waals surface area contributed by atoms with Gasteiger partial charge in [-0.05, 0) is 42.4 Å². The van der Waals surface area contributed by atoms with Gasteiger partial charge < -0.3 is 23.4 Å². The molecule has 0 spiro atoms. The molecule has 0 aromatic heterocycles. The zero-order chi connectivity index (χ0) is 22.5. The molecule has 0 aliphatic carbocycles. The first-order chi connectivity index (χ1) is 14.1. The number of methoxy groups -OCH3 is 4. The van der Waals surface area contributed by atoms with Crippen LogP contribution in [-0.2, 0) is 0 Å². The second-order valence-electron chi connectivity index (χ2n) is 8.41. The molecule has 0 heterocycles. The fourth-order valence-electron chi connectivity index (χ4n) is 2.58. The van der Waals surface area contributed by atoms with Gasteiger partial charge in [-0.1, -0.05) is 20.8 Å². The summed E-state index contributed by atoms with van der Waals surface area (Å²) in [6.07, 6.45) is 1.75. The van der Waals surface area contributed by atoms with Gasteiger partial charge in [-0.3, -0.25) is 4.99 Å². The van der Waals surface area contributed by atoms with Crippen LogP contribution in [0.4, 0.5) is 5.69 Å². The maximum atomic E-state index is 6.47. The van der Waals surface area contributed by atoms with E-state index in [0.717, 1.165) is 11.3 Å². The lowest BCUT2D eigenvalue weighted by Crippen LogP contribution is -2.43. The third-order valence-corrected chi connectivity index (χ3v) is 9.71. The first kappa shape index (κ1) is 23.6. The number of benzene rings is 2. The van der Waals surface area contributed by atoms with Crippen LogP contribution in [0.1, 0.15) is 26.3 Å². The Labute approximate surface area is 180 Å². The minimum atomic E-state index is -2.02. The van der Waals surface area contributed by atoms with Gasteiger partial charge in [-0.25, -0.2) is 0 Å². The second kappa shape index (κ2) is 9.43. The lowest BCUT2D eigenvalue weighted by molar-refractivity contribution is 0.324. The highest BCUT2D eigenvalue weighted by molar-refractivity contribution is 6.74. The van der Waals surface area contributed by atoms with E-state index in [2.05, 4.69) is 38.9 Å². The van der Waals surface area contributed by atoms with Crippen molar-refractivity contribution in [3.05, 3.63) is 35.9 Å². The van der Waals surface area contributed by atoms with Gasteiger partial charge >= 0.3 is 0 Å². The minimum absolute atomic E-state index is 0.0769. The maximum absolute atomic E-state index is 6.47. The van der Waals surface area contributed by atoms with E-state index in [4.69, 9.17) is 23.4 Å². The molecule has 0 radical (unpaired) electrons. The van der Waals surface area contributed by atoms with E-state index in [1.807, 2.05) is 30.3 Å². The van der Waals surface area contributed by atoms with E-state index in [1.54, 1.807) is 34.7 Å².